The van der Waals surface area contributed by atoms with Crippen molar-refractivity contribution in [3.63, 3.8) is 0 Å². The van der Waals surface area contributed by atoms with Crippen molar-refractivity contribution in [1.29, 1.82) is 0 Å². The Labute approximate surface area is 161 Å². The summed E-state index contributed by atoms with van der Waals surface area (Å²) in [5.74, 6) is -0.185. The van der Waals surface area contributed by atoms with Crippen molar-refractivity contribution >= 4 is 16.7 Å². The number of fused-ring (bicyclic) bond motifs is 1. The first-order valence-corrected chi connectivity index (χ1v) is 9.29. The molecular formula is C21H22N4O3. The lowest BCUT2D eigenvalue weighted by molar-refractivity contribution is -0.137. The monoisotopic (exact) mass is 378 g/mol. The highest BCUT2D eigenvalue weighted by Crippen LogP contribution is 2.25. The maximum absolute atomic E-state index is 13.1. The van der Waals surface area contributed by atoms with Gasteiger partial charge < -0.3 is 9.80 Å². The highest BCUT2D eigenvalue weighted by Gasteiger charge is 2.30. The molecule has 144 valence electrons. The molecule has 1 N–H and O–H groups in total. The van der Waals surface area contributed by atoms with Gasteiger partial charge in [0, 0.05) is 19.6 Å². The first-order chi connectivity index (χ1) is 13.5. The Bertz CT molecular complexity index is 1120. The van der Waals surface area contributed by atoms with E-state index in [1.807, 2.05) is 37.4 Å². The summed E-state index contributed by atoms with van der Waals surface area (Å²) in [6.45, 7) is 1.87. The van der Waals surface area contributed by atoms with E-state index in [2.05, 4.69) is 10.00 Å². The van der Waals surface area contributed by atoms with Crippen LogP contribution in [0.3, 0.4) is 0 Å². The molecule has 4 rings (SSSR count). The van der Waals surface area contributed by atoms with Gasteiger partial charge in [-0.3, -0.25) is 19.5 Å². The number of piperazine rings is 1. The summed E-state index contributed by atoms with van der Waals surface area (Å²) in [5.41, 5.74) is 0.316. The Hall–Kier alpha value is -3.19. The smallest absolute Gasteiger partial charge is 0.273 e. The molecule has 0 radical (unpaired) electrons. The fourth-order valence-electron chi connectivity index (χ4n) is 3.76. The summed E-state index contributed by atoms with van der Waals surface area (Å²) in [6.07, 6.45) is 0. The van der Waals surface area contributed by atoms with Crippen LogP contribution in [0, 0.1) is 0 Å². The summed E-state index contributed by atoms with van der Waals surface area (Å²) in [6, 6.07) is 16.4. The molecule has 0 aliphatic carbocycles. The van der Waals surface area contributed by atoms with Crippen LogP contribution in [0.4, 0.5) is 0 Å². The molecule has 1 fully saturated rings. The molecule has 28 heavy (non-hydrogen) atoms. The summed E-state index contributed by atoms with van der Waals surface area (Å²) >= 11 is 0. The van der Waals surface area contributed by atoms with E-state index in [4.69, 9.17) is 0 Å². The van der Waals surface area contributed by atoms with E-state index < -0.39 is 0 Å². The lowest BCUT2D eigenvalue weighted by Gasteiger charge is -2.40. The Balaban J connectivity index is 1.66. The molecule has 7 nitrogen and oxygen atoms in total. The Kier molecular flexibility index (Phi) is 4.83. The molecule has 0 unspecified atom stereocenters. The van der Waals surface area contributed by atoms with E-state index in [-0.39, 0.29) is 29.6 Å². The normalized spacial score (nSPS) is 17.8. The molecule has 2 heterocycles. The Morgan fingerprint density at radius 3 is 2.43 bits per heavy atom. The van der Waals surface area contributed by atoms with E-state index in [9.17, 15) is 14.4 Å². The van der Waals surface area contributed by atoms with Crippen LogP contribution in [0.15, 0.2) is 64.2 Å². The maximum Gasteiger partial charge on any atom is 0.273 e. The highest BCUT2D eigenvalue weighted by molar-refractivity contribution is 5.81. The summed E-state index contributed by atoms with van der Waals surface area (Å²) < 4.78 is 1.12. The van der Waals surface area contributed by atoms with Gasteiger partial charge >= 0.3 is 0 Å². The molecule has 7 heteroatoms. The van der Waals surface area contributed by atoms with Gasteiger partial charge in [-0.1, -0.05) is 42.5 Å². The molecule has 0 bridgehead atoms. The minimum atomic E-state index is -0.374. The third-order valence-electron chi connectivity index (χ3n) is 5.27. The average molecular weight is 378 g/mol. The predicted molar refractivity (Wildman–Crippen MR) is 107 cm³/mol. The minimum absolute atomic E-state index is 0.0877. The SMILES string of the molecule is CN1CCN(C(=O)Cn2[nH]c(=O)c3ccccc3c2=O)[C@@H](c2ccccc2)C1. The van der Waals surface area contributed by atoms with Crippen LogP contribution in [0.1, 0.15) is 11.6 Å². The third kappa shape index (κ3) is 3.36. The van der Waals surface area contributed by atoms with Gasteiger partial charge in [0.2, 0.25) is 5.91 Å². The van der Waals surface area contributed by atoms with Crippen molar-refractivity contribution in [2.45, 2.75) is 12.6 Å². The van der Waals surface area contributed by atoms with Crippen LogP contribution in [0.25, 0.3) is 10.8 Å². The quantitative estimate of drug-likeness (QED) is 0.743. The van der Waals surface area contributed by atoms with Gasteiger partial charge in [-0.05, 0) is 24.7 Å². The number of aromatic nitrogens is 2. The summed E-state index contributed by atoms with van der Waals surface area (Å²) in [7, 11) is 2.03. The number of rotatable bonds is 3. The van der Waals surface area contributed by atoms with Crippen molar-refractivity contribution in [3.8, 4) is 0 Å². The minimum Gasteiger partial charge on any atom is -0.331 e. The fraction of sp³-hybridized carbons (Fsp3) is 0.286. The van der Waals surface area contributed by atoms with Gasteiger partial charge in [0.25, 0.3) is 11.1 Å². The molecule has 2 aromatic carbocycles. The van der Waals surface area contributed by atoms with Crippen LogP contribution in [-0.4, -0.2) is 52.2 Å². The van der Waals surface area contributed by atoms with Crippen LogP contribution in [0.2, 0.25) is 0 Å². The lowest BCUT2D eigenvalue weighted by Crippen LogP contribution is -2.51. The van der Waals surface area contributed by atoms with Crippen LogP contribution in [-0.2, 0) is 11.3 Å². The maximum atomic E-state index is 13.1. The van der Waals surface area contributed by atoms with Gasteiger partial charge in [-0.25, -0.2) is 4.68 Å². The molecular weight excluding hydrogens is 356 g/mol. The highest BCUT2D eigenvalue weighted by atomic mass is 16.2. The number of amides is 1. The van der Waals surface area contributed by atoms with Crippen molar-refractivity contribution in [1.82, 2.24) is 19.6 Å². The second kappa shape index (κ2) is 7.44. The number of hydrogen-bond donors (Lipinski definition) is 1. The first-order valence-electron chi connectivity index (χ1n) is 9.29. The number of carbonyl (C=O) groups excluding carboxylic acids is 1. The van der Waals surface area contributed by atoms with Gasteiger partial charge in [-0.15, -0.1) is 0 Å². The van der Waals surface area contributed by atoms with Crippen LogP contribution >= 0.6 is 0 Å². The summed E-state index contributed by atoms with van der Waals surface area (Å²) in [5, 5.41) is 3.19. The zero-order valence-corrected chi connectivity index (χ0v) is 15.7. The average Bonchev–Trinajstić information content (AvgIpc) is 2.72. The molecule has 1 aromatic heterocycles. The van der Waals surface area contributed by atoms with E-state index in [0.717, 1.165) is 23.3 Å². The van der Waals surface area contributed by atoms with E-state index >= 15 is 0 Å². The van der Waals surface area contributed by atoms with Crippen molar-refractivity contribution in [3.05, 3.63) is 80.9 Å². The zero-order valence-electron chi connectivity index (χ0n) is 15.7. The number of nitrogens with zero attached hydrogens (tertiary/aromatic N) is 3. The molecule has 1 saturated heterocycles. The molecule has 1 aliphatic heterocycles. The number of aromatic amines is 1. The van der Waals surface area contributed by atoms with E-state index in [1.165, 1.54) is 0 Å². The predicted octanol–water partition coefficient (Wildman–Crippen LogP) is 1.21. The largest absolute Gasteiger partial charge is 0.331 e. The Morgan fingerprint density at radius 1 is 1.00 bits per heavy atom. The number of nitrogens with one attached hydrogen (secondary N) is 1. The van der Waals surface area contributed by atoms with Crippen LogP contribution in [0.5, 0.6) is 0 Å². The fourth-order valence-corrected chi connectivity index (χ4v) is 3.76. The van der Waals surface area contributed by atoms with E-state index in [0.29, 0.717) is 17.3 Å². The molecule has 3 aromatic rings. The van der Waals surface area contributed by atoms with Gasteiger partial charge in [0.15, 0.2) is 0 Å². The molecule has 1 amide bonds. The topological polar surface area (TPSA) is 78.4 Å². The van der Waals surface area contributed by atoms with Gasteiger partial charge in [-0.2, -0.15) is 0 Å². The zero-order chi connectivity index (χ0) is 19.7. The number of likely N-dealkylation sites (N-methyl/N-ethyl adjacent to an activating group) is 1. The molecule has 0 spiro atoms. The second-order valence-corrected chi connectivity index (χ2v) is 7.15. The number of hydrogen-bond acceptors (Lipinski definition) is 4. The molecule has 1 aliphatic rings. The molecule has 1 atom stereocenters. The van der Waals surface area contributed by atoms with Gasteiger partial charge in [0.1, 0.15) is 6.54 Å². The first kappa shape index (κ1) is 18.2. The molecule has 0 saturated carbocycles. The third-order valence-corrected chi connectivity index (χ3v) is 5.27. The second-order valence-electron chi connectivity index (χ2n) is 7.15. The van der Waals surface area contributed by atoms with Crippen LogP contribution < -0.4 is 11.1 Å². The van der Waals surface area contributed by atoms with Gasteiger partial charge in [0.05, 0.1) is 16.8 Å². The lowest BCUT2D eigenvalue weighted by atomic mass is 10.0. The number of H-pyrrole nitrogens is 1. The van der Waals surface area contributed by atoms with Crippen molar-refractivity contribution in [2.75, 3.05) is 26.7 Å². The van der Waals surface area contributed by atoms with E-state index in [1.54, 1.807) is 29.2 Å². The Morgan fingerprint density at radius 2 is 1.68 bits per heavy atom. The van der Waals surface area contributed by atoms with Crippen molar-refractivity contribution < 1.29 is 4.79 Å². The van der Waals surface area contributed by atoms with Crippen molar-refractivity contribution in [2.24, 2.45) is 0 Å². The number of benzene rings is 2. The summed E-state index contributed by atoms with van der Waals surface area (Å²) in [4.78, 5) is 42.1. The standard InChI is InChI=1S/C21H22N4O3/c1-23-11-12-24(18(13-23)15-7-3-2-4-8-15)19(26)14-25-21(28)17-10-6-5-9-16(17)20(27)22-25/h2-10,18H,11-14H2,1H3,(H,22,27)/t18-/m1/s1. The number of carbonyl (C=O) groups is 1.